The SMILES string of the molecule is C=C(C)c1ccc(S)cc1. The van der Waals surface area contributed by atoms with Crippen molar-refractivity contribution in [3.05, 3.63) is 36.4 Å². The quantitative estimate of drug-likeness (QED) is 0.584. The standard InChI is InChI=1S/C9H10S/c1-7(2)8-3-5-9(10)6-4-8/h3-6,10H,1H2,2H3. The molecule has 10 heavy (non-hydrogen) atoms. The summed E-state index contributed by atoms with van der Waals surface area (Å²) in [7, 11) is 0. The molecular weight excluding hydrogens is 140 g/mol. The van der Waals surface area contributed by atoms with E-state index < -0.39 is 0 Å². The van der Waals surface area contributed by atoms with Crippen molar-refractivity contribution in [1.29, 1.82) is 0 Å². The van der Waals surface area contributed by atoms with Crippen molar-refractivity contribution in [2.45, 2.75) is 11.8 Å². The van der Waals surface area contributed by atoms with Gasteiger partial charge < -0.3 is 0 Å². The van der Waals surface area contributed by atoms with Crippen molar-refractivity contribution in [3.8, 4) is 0 Å². The van der Waals surface area contributed by atoms with Crippen LogP contribution in [0.15, 0.2) is 35.7 Å². The zero-order valence-electron chi connectivity index (χ0n) is 5.96. The van der Waals surface area contributed by atoms with Gasteiger partial charge in [0.1, 0.15) is 0 Å². The van der Waals surface area contributed by atoms with E-state index in [1.54, 1.807) is 0 Å². The van der Waals surface area contributed by atoms with Gasteiger partial charge in [-0.1, -0.05) is 24.3 Å². The van der Waals surface area contributed by atoms with Gasteiger partial charge >= 0.3 is 0 Å². The fourth-order valence-electron chi connectivity index (χ4n) is 0.746. The van der Waals surface area contributed by atoms with Gasteiger partial charge in [-0.3, -0.25) is 0 Å². The van der Waals surface area contributed by atoms with Crippen LogP contribution in [0.4, 0.5) is 0 Å². The smallest absolute Gasteiger partial charge is 0.00403 e. The summed E-state index contributed by atoms with van der Waals surface area (Å²) in [6.45, 7) is 5.82. The Morgan fingerprint density at radius 1 is 1.30 bits per heavy atom. The Hall–Kier alpha value is -0.690. The molecule has 0 amide bonds. The van der Waals surface area contributed by atoms with Crippen molar-refractivity contribution in [3.63, 3.8) is 0 Å². The molecule has 0 radical (unpaired) electrons. The molecule has 0 aliphatic rings. The molecule has 0 bridgehead atoms. The Balaban J connectivity index is 3.00. The Morgan fingerprint density at radius 2 is 1.80 bits per heavy atom. The minimum absolute atomic E-state index is 0.991. The van der Waals surface area contributed by atoms with Gasteiger partial charge in [0.25, 0.3) is 0 Å². The number of hydrogen-bond acceptors (Lipinski definition) is 1. The summed E-state index contributed by atoms with van der Waals surface area (Å²) in [6, 6.07) is 7.97. The Kier molecular flexibility index (Phi) is 2.17. The maximum atomic E-state index is 4.17. The molecule has 52 valence electrons. The van der Waals surface area contributed by atoms with Crippen LogP contribution in [0, 0.1) is 0 Å². The van der Waals surface area contributed by atoms with Gasteiger partial charge in [0.2, 0.25) is 0 Å². The predicted molar refractivity (Wildman–Crippen MR) is 48.4 cm³/mol. The van der Waals surface area contributed by atoms with E-state index in [0.29, 0.717) is 0 Å². The zero-order valence-corrected chi connectivity index (χ0v) is 6.86. The average Bonchev–Trinajstić information content (AvgIpc) is 1.88. The Morgan fingerprint density at radius 3 is 2.20 bits per heavy atom. The monoisotopic (exact) mass is 150 g/mol. The number of rotatable bonds is 1. The molecule has 0 spiro atoms. The molecule has 0 nitrogen and oxygen atoms in total. The zero-order chi connectivity index (χ0) is 7.56. The summed E-state index contributed by atoms with van der Waals surface area (Å²) in [4.78, 5) is 0.991. The second kappa shape index (κ2) is 2.93. The summed E-state index contributed by atoms with van der Waals surface area (Å²) in [5, 5.41) is 0. The van der Waals surface area contributed by atoms with Gasteiger partial charge in [-0.2, -0.15) is 0 Å². The Bertz CT molecular complexity index is 233. The Labute approximate surface area is 67.0 Å². The fraction of sp³-hybridized carbons (Fsp3) is 0.111. The molecule has 1 aromatic carbocycles. The maximum absolute atomic E-state index is 4.17. The first kappa shape index (κ1) is 7.42. The van der Waals surface area contributed by atoms with Crippen LogP contribution in [0.25, 0.3) is 5.57 Å². The van der Waals surface area contributed by atoms with Gasteiger partial charge in [0.05, 0.1) is 0 Å². The van der Waals surface area contributed by atoms with Gasteiger partial charge in [-0.05, 0) is 24.6 Å². The molecule has 0 heterocycles. The lowest BCUT2D eigenvalue weighted by Crippen LogP contribution is -1.75. The number of hydrogen-bond donors (Lipinski definition) is 1. The lowest BCUT2D eigenvalue weighted by molar-refractivity contribution is 1.44. The predicted octanol–water partition coefficient (Wildman–Crippen LogP) is 3.01. The molecule has 1 rings (SSSR count). The molecule has 0 fully saturated rings. The van der Waals surface area contributed by atoms with Gasteiger partial charge in [-0.15, -0.1) is 12.6 Å². The summed E-state index contributed by atoms with van der Waals surface area (Å²) in [5.74, 6) is 0. The third-order valence-corrected chi connectivity index (χ3v) is 1.66. The molecular formula is C9H10S. The van der Waals surface area contributed by atoms with Crippen LogP contribution in [-0.4, -0.2) is 0 Å². The molecule has 0 N–H and O–H groups in total. The van der Waals surface area contributed by atoms with Crippen LogP contribution in [0.3, 0.4) is 0 Å². The van der Waals surface area contributed by atoms with Crippen molar-refractivity contribution < 1.29 is 0 Å². The highest BCUT2D eigenvalue weighted by molar-refractivity contribution is 7.80. The van der Waals surface area contributed by atoms with Crippen LogP contribution in [0.5, 0.6) is 0 Å². The van der Waals surface area contributed by atoms with Crippen molar-refractivity contribution in [1.82, 2.24) is 0 Å². The molecule has 1 aromatic rings. The first-order chi connectivity index (χ1) is 4.70. The summed E-state index contributed by atoms with van der Waals surface area (Å²) in [5.41, 5.74) is 2.27. The summed E-state index contributed by atoms with van der Waals surface area (Å²) in [6.07, 6.45) is 0. The molecule has 0 saturated carbocycles. The minimum atomic E-state index is 0.991. The molecule has 0 unspecified atom stereocenters. The first-order valence-electron chi connectivity index (χ1n) is 3.15. The van der Waals surface area contributed by atoms with E-state index in [1.807, 2.05) is 31.2 Å². The fourth-order valence-corrected chi connectivity index (χ4v) is 0.895. The molecule has 0 saturated heterocycles. The van der Waals surface area contributed by atoms with Crippen LogP contribution < -0.4 is 0 Å². The van der Waals surface area contributed by atoms with Crippen LogP contribution in [0.2, 0.25) is 0 Å². The van der Waals surface area contributed by atoms with E-state index in [9.17, 15) is 0 Å². The van der Waals surface area contributed by atoms with Crippen LogP contribution in [0.1, 0.15) is 12.5 Å². The van der Waals surface area contributed by atoms with Crippen LogP contribution >= 0.6 is 12.6 Å². The van der Waals surface area contributed by atoms with Crippen LogP contribution in [-0.2, 0) is 0 Å². The molecule has 0 aliphatic heterocycles. The highest BCUT2D eigenvalue weighted by Gasteiger charge is 1.89. The van der Waals surface area contributed by atoms with Crippen molar-refractivity contribution in [2.24, 2.45) is 0 Å². The lowest BCUT2D eigenvalue weighted by atomic mass is 10.1. The third kappa shape index (κ3) is 1.64. The molecule has 0 aromatic heterocycles. The molecule has 1 heteroatoms. The minimum Gasteiger partial charge on any atom is -0.143 e. The molecule has 0 aliphatic carbocycles. The van der Waals surface area contributed by atoms with Gasteiger partial charge in [0, 0.05) is 4.90 Å². The van der Waals surface area contributed by atoms with Crippen molar-refractivity contribution >= 4 is 18.2 Å². The number of thiol groups is 1. The van der Waals surface area contributed by atoms with Crippen molar-refractivity contribution in [2.75, 3.05) is 0 Å². The van der Waals surface area contributed by atoms with Gasteiger partial charge in [-0.25, -0.2) is 0 Å². The summed E-state index contributed by atoms with van der Waals surface area (Å²) < 4.78 is 0. The highest BCUT2D eigenvalue weighted by Crippen LogP contribution is 2.13. The van der Waals surface area contributed by atoms with Gasteiger partial charge in [0.15, 0.2) is 0 Å². The van der Waals surface area contributed by atoms with E-state index in [2.05, 4.69) is 19.2 Å². The summed E-state index contributed by atoms with van der Waals surface area (Å²) >= 11 is 4.17. The number of allylic oxidation sites excluding steroid dienone is 1. The van der Waals surface area contributed by atoms with E-state index in [-0.39, 0.29) is 0 Å². The maximum Gasteiger partial charge on any atom is 0.00403 e. The average molecular weight is 150 g/mol. The van der Waals surface area contributed by atoms with E-state index >= 15 is 0 Å². The van der Waals surface area contributed by atoms with E-state index in [4.69, 9.17) is 0 Å². The highest BCUT2D eigenvalue weighted by atomic mass is 32.1. The topological polar surface area (TPSA) is 0 Å². The third-order valence-electron chi connectivity index (χ3n) is 1.36. The normalized spacial score (nSPS) is 9.40. The largest absolute Gasteiger partial charge is 0.143 e. The van der Waals surface area contributed by atoms with E-state index in [1.165, 1.54) is 5.56 Å². The van der Waals surface area contributed by atoms with E-state index in [0.717, 1.165) is 10.5 Å². The second-order valence-corrected chi connectivity index (χ2v) is 2.84. The second-order valence-electron chi connectivity index (χ2n) is 2.33. The number of benzene rings is 1. The lowest BCUT2D eigenvalue weighted by Gasteiger charge is -1.97. The molecule has 0 atom stereocenters. The first-order valence-corrected chi connectivity index (χ1v) is 3.60.